The number of halogens is 1. The molecule has 1 aromatic rings. The van der Waals surface area contributed by atoms with Crippen molar-refractivity contribution in [1.29, 1.82) is 10.5 Å². The lowest BCUT2D eigenvalue weighted by Gasteiger charge is -2.37. The summed E-state index contributed by atoms with van der Waals surface area (Å²) in [4.78, 5) is 2.28. The first-order valence-corrected chi connectivity index (χ1v) is 6.78. The zero-order chi connectivity index (χ0) is 14.6. The predicted molar refractivity (Wildman–Crippen MR) is 74.1 cm³/mol. The summed E-state index contributed by atoms with van der Waals surface area (Å²) < 4.78 is 13.2. The second-order valence-electron chi connectivity index (χ2n) is 5.19. The quantitative estimate of drug-likeness (QED) is 0.848. The van der Waals surface area contributed by atoms with Crippen molar-refractivity contribution in [2.75, 3.05) is 19.6 Å². The van der Waals surface area contributed by atoms with Crippen molar-refractivity contribution in [1.82, 2.24) is 4.90 Å². The maximum Gasteiger partial charge on any atom is 0.124 e. The Balaban J connectivity index is 2.30. The van der Waals surface area contributed by atoms with E-state index < -0.39 is 11.2 Å². The van der Waals surface area contributed by atoms with Crippen molar-refractivity contribution >= 4 is 0 Å². The Labute approximate surface area is 119 Å². The second-order valence-corrected chi connectivity index (χ2v) is 5.19. The van der Waals surface area contributed by atoms with Crippen LogP contribution in [0.25, 0.3) is 0 Å². The van der Waals surface area contributed by atoms with Crippen LogP contribution < -0.4 is 0 Å². The van der Waals surface area contributed by atoms with Crippen LogP contribution in [0.4, 0.5) is 4.39 Å². The standard InChI is InChI=1S/C16H17FN3/c1-2-7-20-8-5-16(12-19,6-9-20)15-4-3-14(17)10-13(15)11-18/h3-4,10H,1-2,5-9H2. The molecule has 1 radical (unpaired) electrons. The van der Waals surface area contributed by atoms with Crippen LogP contribution >= 0.6 is 0 Å². The Bertz CT molecular complexity index is 560. The summed E-state index contributed by atoms with van der Waals surface area (Å²) in [6, 6.07) is 8.53. The number of rotatable bonds is 3. The molecular formula is C16H17FN3. The summed E-state index contributed by atoms with van der Waals surface area (Å²) in [5.41, 5.74) is 0.270. The van der Waals surface area contributed by atoms with Crippen LogP contribution in [-0.2, 0) is 5.41 Å². The number of likely N-dealkylation sites (tertiary alicyclic amines) is 1. The van der Waals surface area contributed by atoms with Crippen molar-refractivity contribution in [2.24, 2.45) is 0 Å². The van der Waals surface area contributed by atoms with Crippen LogP contribution in [0.3, 0.4) is 0 Å². The van der Waals surface area contributed by atoms with Gasteiger partial charge in [-0.05, 0) is 56.6 Å². The fourth-order valence-corrected chi connectivity index (χ4v) is 2.85. The van der Waals surface area contributed by atoms with E-state index >= 15 is 0 Å². The smallest absolute Gasteiger partial charge is 0.124 e. The summed E-state index contributed by atoms with van der Waals surface area (Å²) in [7, 11) is 0. The van der Waals surface area contributed by atoms with Gasteiger partial charge in [0.05, 0.1) is 23.1 Å². The van der Waals surface area contributed by atoms with E-state index in [4.69, 9.17) is 0 Å². The molecule has 0 spiro atoms. The normalized spacial score (nSPS) is 18.2. The van der Waals surface area contributed by atoms with Gasteiger partial charge in [-0.15, -0.1) is 0 Å². The van der Waals surface area contributed by atoms with E-state index in [1.807, 2.05) is 6.07 Å². The molecule has 1 aliphatic rings. The minimum atomic E-state index is -0.670. The van der Waals surface area contributed by atoms with E-state index in [1.165, 1.54) is 12.1 Å². The highest BCUT2D eigenvalue weighted by Crippen LogP contribution is 2.37. The minimum absolute atomic E-state index is 0.275. The first-order chi connectivity index (χ1) is 9.65. The number of nitriles is 2. The van der Waals surface area contributed by atoms with Crippen LogP contribution in [0.1, 0.15) is 30.4 Å². The Morgan fingerprint density at radius 1 is 1.30 bits per heavy atom. The van der Waals surface area contributed by atoms with E-state index in [1.54, 1.807) is 6.07 Å². The molecule has 20 heavy (non-hydrogen) atoms. The third-order valence-corrected chi connectivity index (χ3v) is 4.02. The van der Waals surface area contributed by atoms with Gasteiger partial charge >= 0.3 is 0 Å². The summed E-state index contributed by atoms with van der Waals surface area (Å²) in [5, 5.41) is 18.8. The predicted octanol–water partition coefficient (Wildman–Crippen LogP) is 2.78. The number of hydrogen-bond acceptors (Lipinski definition) is 3. The molecule has 0 aliphatic carbocycles. The minimum Gasteiger partial charge on any atom is -0.303 e. The average molecular weight is 270 g/mol. The van der Waals surface area contributed by atoms with Gasteiger partial charge in [0.2, 0.25) is 0 Å². The van der Waals surface area contributed by atoms with Crippen molar-refractivity contribution in [2.45, 2.75) is 24.7 Å². The third-order valence-electron chi connectivity index (χ3n) is 4.02. The Kier molecular flexibility index (Phi) is 4.37. The SMILES string of the molecule is [CH2]CCN1CCC(C#N)(c2ccc(F)cc2C#N)CC1. The molecule has 1 aromatic carbocycles. The number of hydrogen-bond donors (Lipinski definition) is 0. The first-order valence-electron chi connectivity index (χ1n) is 6.78. The molecule has 1 saturated heterocycles. The van der Waals surface area contributed by atoms with Crippen LogP contribution in [0.5, 0.6) is 0 Å². The van der Waals surface area contributed by atoms with Gasteiger partial charge < -0.3 is 4.90 Å². The molecule has 2 rings (SSSR count). The average Bonchev–Trinajstić information content (AvgIpc) is 2.48. The van der Waals surface area contributed by atoms with Gasteiger partial charge in [-0.1, -0.05) is 13.0 Å². The van der Waals surface area contributed by atoms with Crippen LogP contribution in [0.15, 0.2) is 18.2 Å². The van der Waals surface area contributed by atoms with Crippen LogP contribution in [-0.4, -0.2) is 24.5 Å². The van der Waals surface area contributed by atoms with Crippen molar-refractivity contribution in [3.8, 4) is 12.1 Å². The van der Waals surface area contributed by atoms with Crippen molar-refractivity contribution in [3.05, 3.63) is 42.1 Å². The Hall–Kier alpha value is -1.91. The molecule has 0 amide bonds. The van der Waals surface area contributed by atoms with Gasteiger partial charge in [0.1, 0.15) is 5.82 Å². The lowest BCUT2D eigenvalue weighted by Crippen LogP contribution is -2.42. The highest BCUT2D eigenvalue weighted by molar-refractivity contribution is 5.46. The molecule has 0 N–H and O–H groups in total. The summed E-state index contributed by atoms with van der Waals surface area (Å²) in [5.74, 6) is -0.437. The molecule has 103 valence electrons. The zero-order valence-electron chi connectivity index (χ0n) is 11.4. The fraction of sp³-hybridized carbons (Fsp3) is 0.438. The highest BCUT2D eigenvalue weighted by atomic mass is 19.1. The second kappa shape index (κ2) is 6.03. The lowest BCUT2D eigenvalue weighted by molar-refractivity contribution is 0.188. The lowest BCUT2D eigenvalue weighted by atomic mass is 9.72. The summed E-state index contributed by atoms with van der Waals surface area (Å²) >= 11 is 0. The molecular weight excluding hydrogens is 253 g/mol. The van der Waals surface area contributed by atoms with E-state index in [0.29, 0.717) is 18.4 Å². The van der Waals surface area contributed by atoms with Gasteiger partial charge in [0.25, 0.3) is 0 Å². The maximum absolute atomic E-state index is 13.2. The monoisotopic (exact) mass is 270 g/mol. The molecule has 0 unspecified atom stereocenters. The van der Waals surface area contributed by atoms with Gasteiger partial charge in [0, 0.05) is 0 Å². The molecule has 0 atom stereocenters. The summed E-state index contributed by atoms with van der Waals surface area (Å²) in [6.45, 7) is 6.39. The molecule has 1 aliphatic heterocycles. The molecule has 0 aromatic heterocycles. The number of nitrogens with zero attached hydrogens (tertiary/aromatic N) is 3. The Morgan fingerprint density at radius 3 is 2.55 bits per heavy atom. The molecule has 0 saturated carbocycles. The van der Waals surface area contributed by atoms with Gasteiger partial charge in [-0.25, -0.2) is 4.39 Å². The molecule has 4 heteroatoms. The topological polar surface area (TPSA) is 50.8 Å². The molecule has 3 nitrogen and oxygen atoms in total. The molecule has 1 fully saturated rings. The largest absolute Gasteiger partial charge is 0.303 e. The summed E-state index contributed by atoms with van der Waals surface area (Å²) in [6.07, 6.45) is 2.19. The van der Waals surface area contributed by atoms with Crippen molar-refractivity contribution < 1.29 is 4.39 Å². The van der Waals surface area contributed by atoms with Gasteiger partial charge in [-0.3, -0.25) is 0 Å². The van der Waals surface area contributed by atoms with Gasteiger partial charge in [0.15, 0.2) is 0 Å². The first kappa shape index (κ1) is 14.5. The van der Waals surface area contributed by atoms with Crippen molar-refractivity contribution in [3.63, 3.8) is 0 Å². The van der Waals surface area contributed by atoms with Gasteiger partial charge in [-0.2, -0.15) is 10.5 Å². The van der Waals surface area contributed by atoms with Crippen LogP contribution in [0, 0.1) is 35.4 Å². The van der Waals surface area contributed by atoms with Crippen LogP contribution in [0.2, 0.25) is 0 Å². The van der Waals surface area contributed by atoms with E-state index in [2.05, 4.69) is 17.9 Å². The zero-order valence-corrected chi connectivity index (χ0v) is 11.4. The molecule has 1 heterocycles. The Morgan fingerprint density at radius 2 is 2.00 bits per heavy atom. The number of benzene rings is 1. The highest BCUT2D eigenvalue weighted by Gasteiger charge is 2.38. The fourth-order valence-electron chi connectivity index (χ4n) is 2.85. The molecule has 0 bridgehead atoms. The third kappa shape index (κ3) is 2.66. The maximum atomic E-state index is 13.2. The van der Waals surface area contributed by atoms with E-state index in [-0.39, 0.29) is 5.56 Å². The number of piperidine rings is 1. The van der Waals surface area contributed by atoms with E-state index in [9.17, 15) is 14.9 Å². The van der Waals surface area contributed by atoms with E-state index in [0.717, 1.165) is 26.1 Å².